The van der Waals surface area contributed by atoms with Gasteiger partial charge in [0.2, 0.25) is 0 Å². The van der Waals surface area contributed by atoms with Crippen molar-refractivity contribution in [3.63, 3.8) is 0 Å². The second-order valence-electron chi connectivity index (χ2n) is 12.9. The minimum Gasteiger partial charge on any atom is -0.411 e. The largest absolute Gasteiger partial charge is 0.411 e. The third-order valence-corrected chi connectivity index (χ3v) is 17.7. The van der Waals surface area contributed by atoms with E-state index in [0.29, 0.717) is 0 Å². The highest BCUT2D eigenvalue weighted by molar-refractivity contribution is 6.99. The monoisotopic (exact) mass is 571 g/mol. The van der Waals surface area contributed by atoms with Crippen LogP contribution < -0.4 is 10.4 Å². The normalized spacial score (nSPS) is 23.3. The molecule has 8 nitrogen and oxygen atoms in total. The smallest absolute Gasteiger partial charge is 0.261 e. The molecule has 0 aromatic heterocycles. The third-order valence-electron chi connectivity index (χ3n) is 8.24. The van der Waals surface area contributed by atoms with Gasteiger partial charge in [-0.25, -0.2) is 0 Å². The number of aliphatic hydroxyl groups excluding tert-OH is 2. The number of nitrogens with zero attached hydrogens (tertiary/aromatic N) is 3. The Morgan fingerprint density at radius 3 is 1.87 bits per heavy atom. The molecule has 2 N–H and O–H groups in total. The molecule has 0 spiro atoms. The Hall–Kier alpha value is -2.02. The molecule has 39 heavy (non-hydrogen) atoms. The molecule has 1 heterocycles. The van der Waals surface area contributed by atoms with E-state index in [9.17, 15) is 15.7 Å². The lowest BCUT2D eigenvalue weighted by molar-refractivity contribution is -0.0724. The van der Waals surface area contributed by atoms with Crippen LogP contribution in [-0.4, -0.2) is 70.5 Å². The van der Waals surface area contributed by atoms with Gasteiger partial charge in [0.15, 0.2) is 8.32 Å². The summed E-state index contributed by atoms with van der Waals surface area (Å²) in [5.74, 6) is 0. The lowest BCUT2D eigenvalue weighted by atomic mass is 10.0. The summed E-state index contributed by atoms with van der Waals surface area (Å²) in [5, 5.41) is 26.3. The van der Waals surface area contributed by atoms with Gasteiger partial charge >= 0.3 is 0 Å². The maximum absolute atomic E-state index is 10.6. The van der Waals surface area contributed by atoms with Gasteiger partial charge in [0.05, 0.1) is 31.5 Å². The van der Waals surface area contributed by atoms with Crippen LogP contribution >= 0.6 is 0 Å². The van der Waals surface area contributed by atoms with E-state index in [4.69, 9.17) is 13.6 Å². The van der Waals surface area contributed by atoms with Gasteiger partial charge in [-0.1, -0.05) is 107 Å². The van der Waals surface area contributed by atoms with Crippen LogP contribution in [0.3, 0.4) is 0 Å². The Kier molecular flexibility index (Phi) is 9.89. The maximum Gasteiger partial charge on any atom is 0.261 e. The van der Waals surface area contributed by atoms with Crippen molar-refractivity contribution in [2.24, 2.45) is 5.11 Å². The molecule has 2 aromatic carbocycles. The number of hydrogen-bond donors (Lipinski definition) is 2. The van der Waals surface area contributed by atoms with Crippen molar-refractivity contribution in [2.45, 2.75) is 95.2 Å². The first-order valence-corrected chi connectivity index (χ1v) is 18.4. The third kappa shape index (κ3) is 6.50. The Labute approximate surface area is 235 Å². The second kappa shape index (κ2) is 12.2. The van der Waals surface area contributed by atoms with Gasteiger partial charge in [-0.3, -0.25) is 0 Å². The summed E-state index contributed by atoms with van der Waals surface area (Å²) < 4.78 is 20.3. The van der Waals surface area contributed by atoms with E-state index < -0.39 is 53.7 Å². The van der Waals surface area contributed by atoms with Crippen LogP contribution in [0.5, 0.6) is 0 Å². The highest BCUT2D eigenvalue weighted by Crippen LogP contribution is 2.42. The van der Waals surface area contributed by atoms with Gasteiger partial charge in [0.25, 0.3) is 8.32 Å². The molecular weight excluding hydrogens is 527 g/mol. The number of hydrogen-bond acceptors (Lipinski definition) is 6. The first kappa shape index (κ1) is 31.5. The number of ether oxygens (including phenoxy) is 1. The van der Waals surface area contributed by atoms with Crippen LogP contribution in [0.2, 0.25) is 23.2 Å². The minimum atomic E-state index is -2.88. The van der Waals surface area contributed by atoms with Crippen molar-refractivity contribution in [3.8, 4) is 0 Å². The fraction of sp³-hybridized carbons (Fsp3) is 0.586. The molecule has 1 fully saturated rings. The fourth-order valence-corrected chi connectivity index (χ4v) is 11.0. The molecule has 5 atom stereocenters. The average molecular weight is 572 g/mol. The molecule has 1 saturated heterocycles. The highest BCUT2D eigenvalue weighted by atomic mass is 28.4. The predicted molar refractivity (Wildman–Crippen MR) is 160 cm³/mol. The van der Waals surface area contributed by atoms with E-state index in [1.54, 1.807) is 0 Å². The molecule has 0 saturated carbocycles. The first-order valence-electron chi connectivity index (χ1n) is 13.6. The van der Waals surface area contributed by atoms with Gasteiger partial charge < -0.3 is 23.8 Å². The summed E-state index contributed by atoms with van der Waals surface area (Å²) in [5.41, 5.74) is 9.41. The van der Waals surface area contributed by atoms with E-state index in [1.165, 1.54) is 0 Å². The molecule has 0 aliphatic carbocycles. The Balaban J connectivity index is 2.10. The number of rotatable bonds is 10. The summed E-state index contributed by atoms with van der Waals surface area (Å²) in [4.78, 5) is 3.06. The number of azide groups is 1. The number of benzene rings is 2. The van der Waals surface area contributed by atoms with Crippen molar-refractivity contribution in [1.82, 2.24) is 0 Å². The van der Waals surface area contributed by atoms with Crippen LogP contribution in [0, 0.1) is 0 Å². The quantitative estimate of drug-likeness (QED) is 0.185. The van der Waals surface area contributed by atoms with Crippen LogP contribution in [0.25, 0.3) is 10.4 Å². The summed E-state index contributed by atoms with van der Waals surface area (Å²) in [7, 11) is -5.23. The molecule has 0 amide bonds. The van der Waals surface area contributed by atoms with Crippen LogP contribution in [0.1, 0.15) is 41.5 Å². The molecule has 10 heteroatoms. The van der Waals surface area contributed by atoms with Crippen LogP contribution in [0.4, 0.5) is 0 Å². The second-order valence-corrected chi connectivity index (χ2v) is 22.0. The lowest BCUT2D eigenvalue weighted by Gasteiger charge is -2.44. The first-order chi connectivity index (χ1) is 18.2. The molecule has 0 bridgehead atoms. The summed E-state index contributed by atoms with van der Waals surface area (Å²) >= 11 is 0. The van der Waals surface area contributed by atoms with E-state index in [2.05, 4.69) is 88.9 Å². The fourth-order valence-electron chi connectivity index (χ4n) is 5.15. The molecule has 1 aliphatic heterocycles. The van der Waals surface area contributed by atoms with Crippen molar-refractivity contribution < 1.29 is 23.8 Å². The Bertz CT molecular complexity index is 1080. The summed E-state index contributed by atoms with van der Waals surface area (Å²) in [6.45, 7) is 17.0. The molecule has 3 rings (SSSR count). The van der Waals surface area contributed by atoms with Crippen molar-refractivity contribution in [2.75, 3.05) is 13.2 Å². The Morgan fingerprint density at radius 1 is 0.949 bits per heavy atom. The van der Waals surface area contributed by atoms with E-state index in [-0.39, 0.29) is 16.7 Å². The van der Waals surface area contributed by atoms with Crippen molar-refractivity contribution in [3.05, 3.63) is 71.1 Å². The predicted octanol–water partition coefficient (Wildman–Crippen LogP) is 4.75. The average Bonchev–Trinajstić information content (AvgIpc) is 3.20. The molecule has 2 aromatic rings. The zero-order valence-electron chi connectivity index (χ0n) is 24.5. The number of aliphatic hydroxyl groups is 2. The van der Waals surface area contributed by atoms with Crippen LogP contribution in [0.15, 0.2) is 65.8 Å². The minimum absolute atomic E-state index is 0.106. The zero-order valence-corrected chi connectivity index (χ0v) is 26.5. The van der Waals surface area contributed by atoms with Gasteiger partial charge in [-0.2, -0.15) is 0 Å². The van der Waals surface area contributed by atoms with Crippen molar-refractivity contribution >= 4 is 27.0 Å². The molecule has 214 valence electrons. The molecule has 1 aliphatic rings. The summed E-state index contributed by atoms with van der Waals surface area (Å²) in [6.07, 6.45) is -3.37. The lowest BCUT2D eigenvalue weighted by Crippen LogP contribution is -2.67. The van der Waals surface area contributed by atoms with Gasteiger partial charge in [0.1, 0.15) is 12.2 Å². The SMILES string of the molecule is CC(C)(C)[Si](C)(C)O[C@@H]1[C@H](N=[N+]=[N-])[C@@H]([C@H](O)CO)O[C@H]1CO[Si](c1ccccc1)(c1ccccc1)C(C)(C)C. The highest BCUT2D eigenvalue weighted by Gasteiger charge is 2.55. The van der Waals surface area contributed by atoms with Crippen molar-refractivity contribution in [1.29, 1.82) is 0 Å². The van der Waals surface area contributed by atoms with E-state index >= 15 is 0 Å². The van der Waals surface area contributed by atoms with Crippen LogP contribution in [-0.2, 0) is 13.6 Å². The topological polar surface area (TPSA) is 117 Å². The standard InChI is InChI=1S/C29H45N3O5Si2/c1-28(2,3)38(7,8)37-27-24(36-26(23(34)19-33)25(27)31-32-30)20-35-39(29(4,5)6,21-15-11-9-12-16-21)22-17-13-10-14-18-22/h9-18,23-27,33-34H,19-20H2,1-8H3/t23-,24+,25-,26-,27+/m1/s1. The van der Waals surface area contributed by atoms with E-state index in [0.717, 1.165) is 10.4 Å². The van der Waals surface area contributed by atoms with Gasteiger partial charge in [0, 0.05) is 4.91 Å². The Morgan fingerprint density at radius 2 is 1.46 bits per heavy atom. The van der Waals surface area contributed by atoms with E-state index in [1.807, 2.05) is 36.4 Å². The molecule has 0 radical (unpaired) electrons. The summed E-state index contributed by atoms with van der Waals surface area (Å²) in [6, 6.07) is 19.9. The zero-order chi connectivity index (χ0) is 29.1. The van der Waals surface area contributed by atoms with Gasteiger partial charge in [-0.15, -0.1) is 0 Å². The molecular formula is C29H45N3O5Si2. The van der Waals surface area contributed by atoms with Gasteiger partial charge in [-0.05, 0) is 39.1 Å². The maximum atomic E-state index is 10.6. The molecule has 0 unspecified atom stereocenters.